The van der Waals surface area contributed by atoms with Crippen LogP contribution < -0.4 is 5.32 Å². The van der Waals surface area contributed by atoms with Crippen LogP contribution in [0.25, 0.3) is 0 Å². The molecule has 0 spiro atoms. The number of hydrogen-bond acceptors (Lipinski definition) is 5. The summed E-state index contributed by atoms with van der Waals surface area (Å²) in [4.78, 5) is 31.8. The number of carbonyl (C=O) groups is 2. The lowest BCUT2D eigenvalue weighted by molar-refractivity contribution is -0.128. The molecule has 1 aliphatic rings. The molecule has 0 radical (unpaired) electrons. The molecule has 1 atom stereocenters. The van der Waals surface area contributed by atoms with E-state index in [2.05, 4.69) is 11.4 Å². The smallest absolute Gasteiger partial charge is 0.242 e. The van der Waals surface area contributed by atoms with Gasteiger partial charge in [0.15, 0.2) is 5.17 Å². The lowest BCUT2D eigenvalue weighted by Gasteiger charge is -2.16. The van der Waals surface area contributed by atoms with Gasteiger partial charge in [-0.3, -0.25) is 14.5 Å². The van der Waals surface area contributed by atoms with E-state index in [1.54, 1.807) is 12.0 Å². The second kappa shape index (κ2) is 10.5. The number of rotatable bonds is 8. The molecular formula is C23H26FN3O3S. The van der Waals surface area contributed by atoms with E-state index >= 15 is 0 Å². The normalized spacial score (nSPS) is 17.4. The molecule has 2 aromatic rings. The van der Waals surface area contributed by atoms with Gasteiger partial charge in [0.1, 0.15) is 11.1 Å². The van der Waals surface area contributed by atoms with Gasteiger partial charge in [0, 0.05) is 32.4 Å². The third kappa shape index (κ3) is 6.38. The van der Waals surface area contributed by atoms with E-state index < -0.39 is 5.25 Å². The molecule has 8 heteroatoms. The van der Waals surface area contributed by atoms with Crippen LogP contribution in [0.15, 0.2) is 47.5 Å². The second-order valence-electron chi connectivity index (χ2n) is 7.44. The summed E-state index contributed by atoms with van der Waals surface area (Å²) in [7, 11) is 1.62. The number of amidine groups is 1. The molecule has 2 amide bonds. The Morgan fingerprint density at radius 1 is 1.19 bits per heavy atom. The van der Waals surface area contributed by atoms with Gasteiger partial charge < -0.3 is 10.1 Å². The highest BCUT2D eigenvalue weighted by molar-refractivity contribution is 8.15. The highest BCUT2D eigenvalue weighted by Crippen LogP contribution is 2.32. The summed E-state index contributed by atoms with van der Waals surface area (Å²) in [6, 6.07) is 11.5. The number of hydrogen-bond donors (Lipinski definition) is 1. The molecule has 164 valence electrons. The molecule has 1 N–H and O–H groups in total. The molecule has 6 nitrogen and oxygen atoms in total. The summed E-state index contributed by atoms with van der Waals surface area (Å²) in [6.07, 6.45) is 0.677. The van der Waals surface area contributed by atoms with Gasteiger partial charge in [0.25, 0.3) is 0 Å². The summed E-state index contributed by atoms with van der Waals surface area (Å²) in [5.41, 5.74) is 3.45. The Balaban J connectivity index is 1.75. The van der Waals surface area contributed by atoms with Crippen LogP contribution in [0, 0.1) is 19.7 Å². The topological polar surface area (TPSA) is 71.0 Å². The van der Waals surface area contributed by atoms with Crippen LogP contribution in [-0.4, -0.2) is 47.4 Å². The van der Waals surface area contributed by atoms with E-state index in [4.69, 9.17) is 9.73 Å². The highest BCUT2D eigenvalue weighted by atomic mass is 32.2. The fraction of sp³-hybridized carbons (Fsp3) is 0.348. The first kappa shape index (κ1) is 23.0. The molecule has 1 saturated heterocycles. The summed E-state index contributed by atoms with van der Waals surface area (Å²) >= 11 is 1.30. The van der Waals surface area contributed by atoms with Crippen molar-refractivity contribution in [1.29, 1.82) is 0 Å². The molecule has 3 rings (SSSR count). The zero-order valence-electron chi connectivity index (χ0n) is 17.9. The number of amides is 2. The van der Waals surface area contributed by atoms with E-state index in [9.17, 15) is 14.0 Å². The Kier molecular flexibility index (Phi) is 7.81. The average molecular weight is 444 g/mol. The molecule has 1 unspecified atom stereocenters. The lowest BCUT2D eigenvalue weighted by atomic mass is 10.1. The molecule has 0 bridgehead atoms. The minimum atomic E-state index is -0.562. The Bertz CT molecular complexity index is 958. The number of carbonyl (C=O) groups excluding carboxylic acids is 2. The van der Waals surface area contributed by atoms with Crippen molar-refractivity contribution >= 4 is 40.1 Å². The monoisotopic (exact) mass is 443 g/mol. The Morgan fingerprint density at radius 2 is 1.87 bits per heavy atom. The summed E-state index contributed by atoms with van der Waals surface area (Å²) in [6.45, 7) is 5.01. The number of aliphatic imine (C=N–C) groups is 1. The van der Waals surface area contributed by atoms with Gasteiger partial charge in [-0.2, -0.15) is 0 Å². The van der Waals surface area contributed by atoms with E-state index in [1.165, 1.54) is 36.0 Å². The minimum absolute atomic E-state index is 0.00746. The predicted molar refractivity (Wildman–Crippen MR) is 122 cm³/mol. The third-order valence-electron chi connectivity index (χ3n) is 4.68. The lowest BCUT2D eigenvalue weighted by Crippen LogP contribution is -2.34. The van der Waals surface area contributed by atoms with Crippen molar-refractivity contribution in [3.8, 4) is 0 Å². The zero-order valence-corrected chi connectivity index (χ0v) is 18.7. The Morgan fingerprint density at radius 3 is 2.52 bits per heavy atom. The van der Waals surface area contributed by atoms with E-state index in [-0.39, 0.29) is 24.1 Å². The SMILES string of the molecule is COCCCN1C(=O)C(CC(=O)Nc2ccc(F)cc2)SC1=Nc1cc(C)cc(C)c1. The molecule has 1 fully saturated rings. The number of thioether (sulfide) groups is 1. The highest BCUT2D eigenvalue weighted by Gasteiger charge is 2.38. The van der Waals surface area contributed by atoms with Crippen LogP contribution in [0.2, 0.25) is 0 Å². The molecule has 0 saturated carbocycles. The quantitative estimate of drug-likeness (QED) is 0.613. The second-order valence-corrected chi connectivity index (χ2v) is 8.61. The molecule has 1 aliphatic heterocycles. The maximum atomic E-state index is 13.1. The van der Waals surface area contributed by atoms with Crippen molar-refractivity contribution in [1.82, 2.24) is 4.90 Å². The summed E-state index contributed by atoms with van der Waals surface area (Å²) in [5, 5.41) is 2.74. The van der Waals surface area contributed by atoms with Crippen molar-refractivity contribution < 1.29 is 18.7 Å². The molecule has 2 aromatic carbocycles. The van der Waals surface area contributed by atoms with Gasteiger partial charge in [-0.25, -0.2) is 9.38 Å². The maximum absolute atomic E-state index is 13.1. The molecule has 0 aliphatic carbocycles. The van der Waals surface area contributed by atoms with Crippen molar-refractivity contribution in [2.75, 3.05) is 25.6 Å². The summed E-state index contributed by atoms with van der Waals surface area (Å²) in [5.74, 6) is -0.820. The number of methoxy groups -OCH3 is 1. The van der Waals surface area contributed by atoms with Crippen LogP contribution in [0.1, 0.15) is 24.0 Å². The van der Waals surface area contributed by atoms with Crippen molar-refractivity contribution in [2.45, 2.75) is 31.9 Å². The van der Waals surface area contributed by atoms with Crippen molar-refractivity contribution in [2.24, 2.45) is 4.99 Å². The van der Waals surface area contributed by atoms with Crippen LogP contribution in [-0.2, 0) is 14.3 Å². The largest absolute Gasteiger partial charge is 0.385 e. The number of ether oxygens (including phenoxy) is 1. The molecule has 31 heavy (non-hydrogen) atoms. The molecule has 0 aromatic heterocycles. The van der Waals surface area contributed by atoms with Crippen LogP contribution in [0.3, 0.4) is 0 Å². The van der Waals surface area contributed by atoms with E-state index in [0.29, 0.717) is 30.4 Å². The molecule has 1 heterocycles. The van der Waals surface area contributed by atoms with Gasteiger partial charge in [-0.15, -0.1) is 0 Å². The number of aryl methyl sites for hydroxylation is 2. The van der Waals surface area contributed by atoms with Gasteiger partial charge >= 0.3 is 0 Å². The van der Waals surface area contributed by atoms with Crippen LogP contribution in [0.4, 0.5) is 15.8 Å². The van der Waals surface area contributed by atoms with E-state index in [1.807, 2.05) is 26.0 Å². The first-order valence-electron chi connectivity index (χ1n) is 10.0. The Hall–Kier alpha value is -2.71. The predicted octanol–water partition coefficient (Wildman–Crippen LogP) is 4.44. The average Bonchev–Trinajstić information content (AvgIpc) is 2.98. The standard InChI is InChI=1S/C23H26FN3O3S/c1-15-11-16(2)13-19(12-15)26-23-27(9-4-10-30-3)22(29)20(31-23)14-21(28)25-18-7-5-17(24)6-8-18/h5-8,11-13,20H,4,9-10,14H2,1-3H3,(H,25,28). The van der Waals surface area contributed by atoms with Gasteiger partial charge in [-0.05, 0) is 67.8 Å². The van der Waals surface area contributed by atoms with Gasteiger partial charge in [0.2, 0.25) is 11.8 Å². The summed E-state index contributed by atoms with van der Waals surface area (Å²) < 4.78 is 18.2. The Labute approximate surface area is 185 Å². The fourth-order valence-electron chi connectivity index (χ4n) is 3.34. The zero-order chi connectivity index (χ0) is 22.4. The van der Waals surface area contributed by atoms with Crippen molar-refractivity contribution in [3.63, 3.8) is 0 Å². The number of nitrogens with one attached hydrogen (secondary N) is 1. The number of nitrogens with zero attached hydrogens (tertiary/aromatic N) is 2. The van der Waals surface area contributed by atoms with Crippen molar-refractivity contribution in [3.05, 3.63) is 59.4 Å². The number of benzene rings is 2. The third-order valence-corrected chi connectivity index (χ3v) is 5.86. The first-order chi connectivity index (χ1) is 14.9. The van der Waals surface area contributed by atoms with Crippen LogP contribution >= 0.6 is 11.8 Å². The van der Waals surface area contributed by atoms with Crippen LogP contribution in [0.5, 0.6) is 0 Å². The minimum Gasteiger partial charge on any atom is -0.385 e. The number of anilines is 1. The van der Waals surface area contributed by atoms with E-state index in [0.717, 1.165) is 16.8 Å². The fourth-order valence-corrected chi connectivity index (χ4v) is 4.52. The first-order valence-corrected chi connectivity index (χ1v) is 10.9. The number of halogens is 1. The van der Waals surface area contributed by atoms with Gasteiger partial charge in [0.05, 0.1) is 5.69 Å². The maximum Gasteiger partial charge on any atom is 0.242 e. The van der Waals surface area contributed by atoms with Gasteiger partial charge in [-0.1, -0.05) is 17.8 Å². The molecular weight excluding hydrogens is 417 g/mol.